The number of benzene rings is 2. The van der Waals surface area contributed by atoms with E-state index in [0.29, 0.717) is 11.4 Å². The third-order valence-electron chi connectivity index (χ3n) is 3.96. The summed E-state index contributed by atoms with van der Waals surface area (Å²) in [5, 5.41) is 9.57. The summed E-state index contributed by atoms with van der Waals surface area (Å²) < 4.78 is 0. The Morgan fingerprint density at radius 1 is 0.963 bits per heavy atom. The van der Waals surface area contributed by atoms with Crippen LogP contribution in [-0.2, 0) is 14.4 Å². The van der Waals surface area contributed by atoms with Crippen LogP contribution in [0.3, 0.4) is 0 Å². The normalized spacial score (nSPS) is 11.1. The highest BCUT2D eigenvalue weighted by atomic mass is 16.6. The molecule has 2 rings (SSSR count). The van der Waals surface area contributed by atoms with Crippen molar-refractivity contribution in [3.63, 3.8) is 0 Å². The van der Waals surface area contributed by atoms with Gasteiger partial charge in [0.05, 0.1) is 5.71 Å². The van der Waals surface area contributed by atoms with E-state index in [4.69, 9.17) is 4.84 Å². The van der Waals surface area contributed by atoms with Crippen LogP contribution in [0.4, 0.5) is 11.4 Å². The number of carbonyl (C=O) groups is 2. The molecule has 0 spiro atoms. The molecule has 2 aromatic rings. The summed E-state index contributed by atoms with van der Waals surface area (Å²) in [6.07, 6.45) is 0. The van der Waals surface area contributed by atoms with Gasteiger partial charge in [-0.3, -0.25) is 9.59 Å². The first-order valence-electron chi connectivity index (χ1n) is 8.68. The Hall–Kier alpha value is -3.15. The Morgan fingerprint density at radius 2 is 1.56 bits per heavy atom. The maximum atomic E-state index is 12.1. The largest absolute Gasteiger partial charge is 0.385 e. The van der Waals surface area contributed by atoms with Crippen LogP contribution in [0, 0.1) is 20.8 Å². The molecule has 2 amide bonds. The number of rotatable bonds is 6. The van der Waals surface area contributed by atoms with Crippen LogP contribution in [0.2, 0.25) is 0 Å². The third kappa shape index (κ3) is 5.95. The van der Waals surface area contributed by atoms with Crippen molar-refractivity contribution in [3.05, 3.63) is 58.7 Å². The molecule has 0 aliphatic carbocycles. The smallest absolute Gasteiger partial charge is 0.265 e. The van der Waals surface area contributed by atoms with Crippen LogP contribution in [0.5, 0.6) is 0 Å². The SMILES string of the molecule is CC(=O)Nc1ccc(/C(C)=N/OCC(=O)Nc2c(C)cc(C)cc2C)cc1. The van der Waals surface area contributed by atoms with Crippen molar-refractivity contribution in [3.8, 4) is 0 Å². The van der Waals surface area contributed by atoms with Gasteiger partial charge in [0.1, 0.15) is 0 Å². The number of amides is 2. The molecule has 6 heteroatoms. The Kier molecular flexibility index (Phi) is 6.71. The molecule has 6 nitrogen and oxygen atoms in total. The van der Waals surface area contributed by atoms with E-state index in [1.54, 1.807) is 19.1 Å². The topological polar surface area (TPSA) is 79.8 Å². The summed E-state index contributed by atoms with van der Waals surface area (Å²) in [4.78, 5) is 28.3. The van der Waals surface area contributed by atoms with E-state index >= 15 is 0 Å². The predicted molar refractivity (Wildman–Crippen MR) is 108 cm³/mol. The minimum atomic E-state index is -0.261. The quantitative estimate of drug-likeness (QED) is 0.599. The van der Waals surface area contributed by atoms with Gasteiger partial charge >= 0.3 is 0 Å². The van der Waals surface area contributed by atoms with Crippen molar-refractivity contribution in [2.75, 3.05) is 17.2 Å². The molecule has 0 aromatic heterocycles. The standard InChI is InChI=1S/C21H25N3O3/c1-13-10-14(2)21(15(3)11-13)23-20(26)12-27-24-16(4)18-6-8-19(9-7-18)22-17(5)25/h6-11H,12H2,1-5H3,(H,22,25)(H,23,26)/b24-16+. The molecule has 0 aliphatic heterocycles. The Balaban J connectivity index is 1.92. The van der Waals surface area contributed by atoms with Gasteiger partial charge in [-0.25, -0.2) is 0 Å². The van der Waals surface area contributed by atoms with Gasteiger partial charge < -0.3 is 15.5 Å². The lowest BCUT2D eigenvalue weighted by Gasteiger charge is -2.12. The molecular weight excluding hydrogens is 342 g/mol. The van der Waals surface area contributed by atoms with E-state index < -0.39 is 0 Å². The zero-order chi connectivity index (χ0) is 20.0. The fourth-order valence-electron chi connectivity index (χ4n) is 2.79. The second-order valence-electron chi connectivity index (χ2n) is 6.53. The van der Waals surface area contributed by atoms with Crippen LogP contribution in [0.25, 0.3) is 0 Å². The van der Waals surface area contributed by atoms with Crippen LogP contribution in [-0.4, -0.2) is 24.1 Å². The van der Waals surface area contributed by atoms with E-state index in [1.165, 1.54) is 6.92 Å². The summed E-state index contributed by atoms with van der Waals surface area (Å²) in [7, 11) is 0. The molecule has 0 aliphatic rings. The number of hydrogen-bond acceptors (Lipinski definition) is 4. The Morgan fingerprint density at radius 3 is 2.11 bits per heavy atom. The molecule has 2 aromatic carbocycles. The number of hydrogen-bond donors (Lipinski definition) is 2. The van der Waals surface area contributed by atoms with Crippen LogP contribution < -0.4 is 10.6 Å². The Bertz CT molecular complexity index is 848. The van der Waals surface area contributed by atoms with Gasteiger partial charge in [0.25, 0.3) is 5.91 Å². The fraction of sp³-hybridized carbons (Fsp3) is 0.286. The van der Waals surface area contributed by atoms with Crippen molar-refractivity contribution in [1.29, 1.82) is 0 Å². The van der Waals surface area contributed by atoms with Gasteiger partial charge in [-0.15, -0.1) is 0 Å². The third-order valence-corrected chi connectivity index (χ3v) is 3.96. The minimum Gasteiger partial charge on any atom is -0.385 e. The molecule has 0 saturated carbocycles. The van der Waals surface area contributed by atoms with Gasteiger partial charge in [-0.1, -0.05) is 35.0 Å². The van der Waals surface area contributed by atoms with Crippen molar-refractivity contribution >= 4 is 28.9 Å². The highest BCUT2D eigenvalue weighted by Gasteiger charge is 2.09. The molecule has 0 atom stereocenters. The second-order valence-corrected chi connectivity index (χ2v) is 6.53. The molecule has 0 fully saturated rings. The van der Waals surface area contributed by atoms with Crippen LogP contribution >= 0.6 is 0 Å². The van der Waals surface area contributed by atoms with Crippen molar-refractivity contribution in [2.45, 2.75) is 34.6 Å². The van der Waals surface area contributed by atoms with Gasteiger partial charge in [0.2, 0.25) is 5.91 Å². The Labute approximate surface area is 159 Å². The maximum absolute atomic E-state index is 12.1. The average molecular weight is 367 g/mol. The second kappa shape index (κ2) is 8.98. The predicted octanol–water partition coefficient (Wildman–Crippen LogP) is 3.95. The summed E-state index contributed by atoms with van der Waals surface area (Å²) in [6, 6.07) is 11.3. The van der Waals surface area contributed by atoms with Crippen molar-refractivity contribution < 1.29 is 14.4 Å². The number of carbonyl (C=O) groups excluding carboxylic acids is 2. The number of nitrogens with one attached hydrogen (secondary N) is 2. The summed E-state index contributed by atoms with van der Waals surface area (Å²) in [5.74, 6) is -0.385. The highest BCUT2D eigenvalue weighted by Crippen LogP contribution is 2.21. The fourth-order valence-corrected chi connectivity index (χ4v) is 2.79. The molecule has 0 heterocycles. The van der Waals surface area contributed by atoms with E-state index in [2.05, 4.69) is 15.8 Å². The molecule has 0 saturated heterocycles. The van der Waals surface area contributed by atoms with Gasteiger partial charge in [-0.05, 0) is 56.5 Å². The van der Waals surface area contributed by atoms with E-state index in [-0.39, 0.29) is 18.4 Å². The van der Waals surface area contributed by atoms with Crippen LogP contribution in [0.15, 0.2) is 41.6 Å². The monoisotopic (exact) mass is 367 g/mol. The molecular formula is C21H25N3O3. The molecule has 142 valence electrons. The summed E-state index contributed by atoms with van der Waals surface area (Å²) in [5.41, 5.74) is 6.19. The minimum absolute atomic E-state index is 0.124. The van der Waals surface area contributed by atoms with Gasteiger partial charge in [0.15, 0.2) is 6.61 Å². The van der Waals surface area contributed by atoms with Crippen molar-refractivity contribution in [1.82, 2.24) is 0 Å². The first kappa shape index (κ1) is 20.2. The summed E-state index contributed by atoms with van der Waals surface area (Å²) in [6.45, 7) is 9.02. The van der Waals surface area contributed by atoms with E-state index in [9.17, 15) is 9.59 Å². The lowest BCUT2D eigenvalue weighted by Crippen LogP contribution is -2.18. The van der Waals surface area contributed by atoms with Gasteiger partial charge in [0, 0.05) is 18.3 Å². The van der Waals surface area contributed by atoms with Crippen molar-refractivity contribution in [2.24, 2.45) is 5.16 Å². The number of oxime groups is 1. The van der Waals surface area contributed by atoms with E-state index in [0.717, 1.165) is 27.9 Å². The average Bonchev–Trinajstić information content (AvgIpc) is 2.58. The molecule has 0 radical (unpaired) electrons. The summed E-state index contributed by atoms with van der Waals surface area (Å²) >= 11 is 0. The molecule has 0 bridgehead atoms. The van der Waals surface area contributed by atoms with Gasteiger partial charge in [-0.2, -0.15) is 0 Å². The van der Waals surface area contributed by atoms with Crippen LogP contribution in [0.1, 0.15) is 36.1 Å². The number of nitrogens with zero attached hydrogens (tertiary/aromatic N) is 1. The molecule has 0 unspecified atom stereocenters. The van der Waals surface area contributed by atoms with E-state index in [1.807, 2.05) is 45.0 Å². The lowest BCUT2D eigenvalue weighted by atomic mass is 10.1. The first-order valence-corrected chi connectivity index (χ1v) is 8.68. The molecule has 2 N–H and O–H groups in total. The number of anilines is 2. The lowest BCUT2D eigenvalue weighted by molar-refractivity contribution is -0.120. The zero-order valence-electron chi connectivity index (χ0n) is 16.3. The maximum Gasteiger partial charge on any atom is 0.265 e. The molecule has 27 heavy (non-hydrogen) atoms. The number of aryl methyl sites for hydroxylation is 3. The first-order chi connectivity index (χ1) is 12.8. The zero-order valence-corrected chi connectivity index (χ0v) is 16.3. The highest BCUT2D eigenvalue weighted by molar-refractivity contribution is 5.99.